The van der Waals surface area contributed by atoms with Crippen LogP contribution in [0.25, 0.3) is 10.2 Å². The van der Waals surface area contributed by atoms with Crippen LogP contribution in [0.2, 0.25) is 0 Å². The highest BCUT2D eigenvalue weighted by Crippen LogP contribution is 2.37. The van der Waals surface area contributed by atoms with E-state index in [1.54, 1.807) is 12.2 Å². The fourth-order valence-corrected chi connectivity index (χ4v) is 3.66. The highest BCUT2D eigenvalue weighted by Gasteiger charge is 2.18. The Hall–Kier alpha value is -2.80. The summed E-state index contributed by atoms with van der Waals surface area (Å²) in [6.45, 7) is 14.6. The number of nitrogens with zero attached hydrogens (tertiary/aromatic N) is 3. The smallest absolute Gasteiger partial charge is 0.244 e. The van der Waals surface area contributed by atoms with Crippen LogP contribution in [-0.4, -0.2) is 17.6 Å². The Bertz CT molecular complexity index is 986. The summed E-state index contributed by atoms with van der Waals surface area (Å²) in [5.74, 6) is -0.687. The van der Waals surface area contributed by atoms with Gasteiger partial charge in [0, 0.05) is 17.8 Å². The highest BCUT2D eigenvalue weighted by molar-refractivity contribution is 7.19. The molecule has 0 saturated carbocycles. The van der Waals surface area contributed by atoms with Crippen molar-refractivity contribution >= 4 is 39.9 Å². The van der Waals surface area contributed by atoms with Crippen molar-refractivity contribution < 1.29 is 9.13 Å². The molecule has 0 aliphatic rings. The topological polar surface area (TPSA) is 72.9 Å². The van der Waals surface area contributed by atoms with Crippen molar-refractivity contribution in [3.63, 3.8) is 0 Å². The van der Waals surface area contributed by atoms with Gasteiger partial charge in [0.15, 0.2) is 0 Å². The number of fused-ring (bicyclic) bond motifs is 1. The van der Waals surface area contributed by atoms with Crippen LogP contribution in [0.3, 0.4) is 0 Å². The summed E-state index contributed by atoms with van der Waals surface area (Å²) in [6.07, 6.45) is 4.93. The van der Waals surface area contributed by atoms with Gasteiger partial charge in [0.1, 0.15) is 17.3 Å². The summed E-state index contributed by atoms with van der Waals surface area (Å²) >= 11 is 1.45. The number of thiophene rings is 1. The third kappa shape index (κ3) is 4.31. The van der Waals surface area contributed by atoms with E-state index >= 15 is 0 Å². The van der Waals surface area contributed by atoms with Gasteiger partial charge >= 0.3 is 0 Å². The molecular weight excluding hydrogens is 363 g/mol. The van der Waals surface area contributed by atoms with Gasteiger partial charge in [-0.25, -0.2) is 9.37 Å². The Morgan fingerprint density at radius 2 is 2.04 bits per heavy atom. The number of anilines is 1. The number of allylic oxidation sites excluding steroid dienone is 3. The lowest BCUT2D eigenvalue weighted by molar-refractivity contribution is 0.295. The quantitative estimate of drug-likeness (QED) is 0.316. The average Bonchev–Trinajstić information content (AvgIpc) is 2.93. The molecule has 2 rings (SSSR count). The van der Waals surface area contributed by atoms with E-state index in [-0.39, 0.29) is 18.1 Å². The number of hydrogen-bond donors (Lipinski definition) is 1. The molecule has 27 heavy (non-hydrogen) atoms. The van der Waals surface area contributed by atoms with Gasteiger partial charge in [0.2, 0.25) is 5.90 Å². The summed E-state index contributed by atoms with van der Waals surface area (Å²) in [6, 6.07) is 0. The molecule has 5 nitrogen and oxygen atoms in total. The second-order valence-corrected chi connectivity index (χ2v) is 7.00. The van der Waals surface area contributed by atoms with Crippen LogP contribution in [0.4, 0.5) is 10.1 Å². The molecule has 0 amide bonds. The molecule has 142 valence electrons. The van der Waals surface area contributed by atoms with E-state index in [4.69, 9.17) is 10.5 Å². The number of nitrogen functional groups attached to an aromatic ring is 1. The molecule has 0 aliphatic heterocycles. The molecule has 2 heterocycles. The van der Waals surface area contributed by atoms with E-state index in [0.717, 1.165) is 31.9 Å². The molecule has 0 aliphatic carbocycles. The molecule has 0 unspecified atom stereocenters. The summed E-state index contributed by atoms with van der Waals surface area (Å²) < 4.78 is 19.5. The molecule has 0 atom stereocenters. The molecule has 0 bridgehead atoms. The third-order valence-corrected chi connectivity index (χ3v) is 5.31. The number of nitrogens with two attached hydrogens (primary N) is 1. The van der Waals surface area contributed by atoms with Crippen LogP contribution in [0, 0.1) is 20.8 Å². The number of halogens is 1. The summed E-state index contributed by atoms with van der Waals surface area (Å²) in [4.78, 5) is 6.26. The minimum atomic E-state index is -0.677. The largest absolute Gasteiger partial charge is 0.470 e. The maximum absolute atomic E-state index is 13.8. The van der Waals surface area contributed by atoms with E-state index < -0.39 is 5.83 Å². The van der Waals surface area contributed by atoms with Gasteiger partial charge in [-0.2, -0.15) is 5.10 Å². The summed E-state index contributed by atoms with van der Waals surface area (Å²) in [5, 5.41) is 8.19. The van der Waals surface area contributed by atoms with Crippen molar-refractivity contribution in [3.05, 3.63) is 57.9 Å². The first kappa shape index (κ1) is 20.5. The molecule has 7 heteroatoms. The second-order valence-electron chi connectivity index (χ2n) is 5.91. The van der Waals surface area contributed by atoms with Crippen LogP contribution in [-0.2, 0) is 11.3 Å². The third-order valence-electron chi connectivity index (χ3n) is 4.23. The Labute approximate surface area is 162 Å². The SMILES string of the molecule is C=N/N=C(OCc1sc2nc(C)c(C)c(C)c2c1N)/C(=C/C=C\C)C(=C)F. The summed E-state index contributed by atoms with van der Waals surface area (Å²) in [5.41, 5.74) is 10.2. The molecule has 0 radical (unpaired) electrons. The number of rotatable bonds is 6. The fraction of sp³-hybridized carbons (Fsp3) is 0.250. The van der Waals surface area contributed by atoms with Gasteiger partial charge in [-0.1, -0.05) is 18.7 Å². The molecule has 0 fully saturated rings. The number of aryl methyl sites for hydroxylation is 2. The first-order valence-electron chi connectivity index (χ1n) is 8.31. The molecule has 2 N–H and O–H groups in total. The van der Waals surface area contributed by atoms with E-state index in [1.165, 1.54) is 17.4 Å². The van der Waals surface area contributed by atoms with Crippen LogP contribution in [0.5, 0.6) is 0 Å². The minimum Gasteiger partial charge on any atom is -0.470 e. The number of ether oxygens (including phenoxy) is 1. The monoisotopic (exact) mass is 386 g/mol. The zero-order valence-electron chi connectivity index (χ0n) is 16.0. The average molecular weight is 386 g/mol. The zero-order chi connectivity index (χ0) is 20.1. The Morgan fingerprint density at radius 3 is 2.63 bits per heavy atom. The van der Waals surface area contributed by atoms with Crippen molar-refractivity contribution in [1.82, 2.24) is 4.98 Å². The van der Waals surface area contributed by atoms with Gasteiger partial charge in [-0.3, -0.25) is 0 Å². The molecule has 0 saturated heterocycles. The maximum atomic E-state index is 13.8. The van der Waals surface area contributed by atoms with Gasteiger partial charge in [0.25, 0.3) is 0 Å². The zero-order valence-corrected chi connectivity index (χ0v) is 16.8. The van der Waals surface area contributed by atoms with Gasteiger partial charge in [0.05, 0.1) is 16.1 Å². The van der Waals surface area contributed by atoms with E-state index in [9.17, 15) is 4.39 Å². The Morgan fingerprint density at radius 1 is 1.33 bits per heavy atom. The van der Waals surface area contributed by atoms with Crippen LogP contribution < -0.4 is 5.73 Å². The van der Waals surface area contributed by atoms with Crippen LogP contribution in [0.15, 0.2) is 46.4 Å². The van der Waals surface area contributed by atoms with E-state index in [2.05, 4.69) is 28.5 Å². The first-order chi connectivity index (χ1) is 12.8. The van der Waals surface area contributed by atoms with Crippen molar-refractivity contribution in [1.29, 1.82) is 0 Å². The van der Waals surface area contributed by atoms with Crippen molar-refractivity contribution in [2.45, 2.75) is 34.3 Å². The fourth-order valence-electron chi connectivity index (χ4n) is 2.55. The second kappa shape index (κ2) is 8.73. The van der Waals surface area contributed by atoms with Gasteiger partial charge in [-0.05, 0) is 44.9 Å². The van der Waals surface area contributed by atoms with Crippen LogP contribution in [0.1, 0.15) is 28.6 Å². The molecule has 0 spiro atoms. The van der Waals surface area contributed by atoms with Crippen molar-refractivity contribution in [3.8, 4) is 0 Å². The number of aromatic nitrogens is 1. The number of pyridine rings is 1. The van der Waals surface area contributed by atoms with Crippen LogP contribution >= 0.6 is 11.3 Å². The summed E-state index contributed by atoms with van der Waals surface area (Å²) in [7, 11) is 0. The minimum absolute atomic E-state index is 0.00972. The lowest BCUT2D eigenvalue weighted by Crippen LogP contribution is -2.09. The Balaban J connectivity index is 2.40. The lowest BCUT2D eigenvalue weighted by Gasteiger charge is -2.09. The molecular formula is C20H23FN4OS. The van der Waals surface area contributed by atoms with Crippen molar-refractivity contribution in [2.75, 3.05) is 5.73 Å². The first-order valence-corrected chi connectivity index (χ1v) is 9.12. The predicted molar refractivity (Wildman–Crippen MR) is 113 cm³/mol. The lowest BCUT2D eigenvalue weighted by atomic mass is 10.1. The normalized spacial score (nSPS) is 12.8. The van der Waals surface area contributed by atoms with E-state index in [1.807, 2.05) is 27.7 Å². The molecule has 0 aromatic carbocycles. The molecule has 2 aromatic heterocycles. The highest BCUT2D eigenvalue weighted by atomic mass is 32.1. The predicted octanol–water partition coefficient (Wildman–Crippen LogP) is 5.32. The van der Waals surface area contributed by atoms with Gasteiger partial charge < -0.3 is 10.5 Å². The van der Waals surface area contributed by atoms with Crippen molar-refractivity contribution in [2.24, 2.45) is 10.2 Å². The van der Waals surface area contributed by atoms with E-state index in [0.29, 0.717) is 5.69 Å². The van der Waals surface area contributed by atoms with Gasteiger partial charge in [-0.15, -0.1) is 16.4 Å². The maximum Gasteiger partial charge on any atom is 0.244 e. The number of hydrogen-bond acceptors (Lipinski definition) is 6. The molecule has 2 aromatic rings. The standard InChI is InChI=1S/C20H23FN4OS/c1-7-8-9-15(13(4)21)19(25-23-6)26-10-16-18(22)17-12(3)11(2)14(5)24-20(17)27-16/h7-9H,4,6,10,22H2,1-3,5H3/b8-7-,15-9+,25-19-. The Kier molecular flexibility index (Phi) is 6.63.